The third kappa shape index (κ3) is 4.26. The van der Waals surface area contributed by atoms with Crippen LogP contribution in [0, 0.1) is 10.7 Å². The molecule has 2 aromatic rings. The molecule has 2 aliphatic rings. The van der Waals surface area contributed by atoms with Crippen molar-refractivity contribution in [3.63, 3.8) is 0 Å². The number of hydrogen-bond acceptors (Lipinski definition) is 5. The van der Waals surface area contributed by atoms with Gasteiger partial charge in [-0.25, -0.2) is 8.99 Å². The second kappa shape index (κ2) is 7.65. The maximum atomic E-state index is 13.0. The number of ketones is 1. The van der Waals surface area contributed by atoms with E-state index in [9.17, 15) is 14.1 Å². The molecule has 0 amide bonds. The Morgan fingerprint density at radius 2 is 2.07 bits per heavy atom. The van der Waals surface area contributed by atoms with E-state index in [1.807, 2.05) is 0 Å². The normalized spacial score (nSPS) is 19.3. The second-order valence-electron chi connectivity index (χ2n) is 9.50. The molecule has 0 radical (unpaired) electrons. The highest BCUT2D eigenvalue weighted by Gasteiger charge is 2.32. The van der Waals surface area contributed by atoms with Crippen LogP contribution < -0.4 is 0 Å². The van der Waals surface area contributed by atoms with E-state index in [4.69, 9.17) is 9.20 Å². The van der Waals surface area contributed by atoms with Crippen molar-refractivity contribution in [3.05, 3.63) is 52.3 Å². The van der Waals surface area contributed by atoms with Crippen LogP contribution >= 0.6 is 0 Å². The summed E-state index contributed by atoms with van der Waals surface area (Å²) < 4.78 is 26.6. The summed E-state index contributed by atoms with van der Waals surface area (Å²) in [5.41, 5.74) is 4.29. The van der Waals surface area contributed by atoms with Crippen molar-refractivity contribution < 1.29 is 18.5 Å². The Bertz CT molecular complexity index is 1070. The highest BCUT2D eigenvalue weighted by molar-refractivity contribution is 7.93. The van der Waals surface area contributed by atoms with Crippen LogP contribution in [0.5, 0.6) is 0 Å². The van der Waals surface area contributed by atoms with Crippen LogP contribution in [0.2, 0.25) is 0 Å². The number of aryl methyl sites for hydroxylation is 1. The molecule has 2 aliphatic carbocycles. The number of hydrogen-bond donors (Lipinski definition) is 2. The Morgan fingerprint density at radius 3 is 2.70 bits per heavy atom. The Balaban J connectivity index is 1.57. The number of carbonyl (C=O) groups excluding carboxylic acids is 1. The fourth-order valence-electron chi connectivity index (χ4n) is 4.60. The predicted octanol–water partition coefficient (Wildman–Crippen LogP) is 4.73. The van der Waals surface area contributed by atoms with E-state index in [0.29, 0.717) is 17.4 Å². The molecule has 0 saturated heterocycles. The lowest BCUT2D eigenvalue weighted by Crippen LogP contribution is -2.19. The van der Waals surface area contributed by atoms with E-state index in [0.717, 1.165) is 24.8 Å². The van der Waals surface area contributed by atoms with Crippen molar-refractivity contribution in [2.75, 3.05) is 5.75 Å². The van der Waals surface area contributed by atoms with Gasteiger partial charge >= 0.3 is 0 Å². The van der Waals surface area contributed by atoms with Gasteiger partial charge in [-0.05, 0) is 80.0 Å². The first-order chi connectivity index (χ1) is 14.1. The minimum atomic E-state index is -3.40. The van der Waals surface area contributed by atoms with Crippen LogP contribution in [0.1, 0.15) is 73.8 Å². The van der Waals surface area contributed by atoms with Crippen LogP contribution in [0.25, 0.3) is 0 Å². The molecule has 30 heavy (non-hydrogen) atoms. The van der Waals surface area contributed by atoms with Crippen LogP contribution in [-0.4, -0.2) is 20.9 Å². The van der Waals surface area contributed by atoms with Gasteiger partial charge in [-0.3, -0.25) is 4.79 Å². The zero-order valence-corrected chi connectivity index (χ0v) is 18.8. The largest absolute Gasteiger partial charge is 0.454 e. The molecular weight excluding hydrogens is 398 g/mol. The zero-order chi connectivity index (χ0) is 21.7. The van der Waals surface area contributed by atoms with Gasteiger partial charge in [0, 0.05) is 18.1 Å². The number of rotatable bonds is 8. The lowest BCUT2D eigenvalue weighted by molar-refractivity contribution is -0.116. The Hall–Kier alpha value is -1.92. The van der Waals surface area contributed by atoms with Gasteiger partial charge in [0.15, 0.2) is 10.9 Å². The lowest BCUT2D eigenvalue weighted by atomic mass is 9.86. The van der Waals surface area contributed by atoms with E-state index in [1.165, 1.54) is 41.9 Å². The highest BCUT2D eigenvalue weighted by Crippen LogP contribution is 2.44. The molecule has 2 atom stereocenters. The van der Waals surface area contributed by atoms with Crippen molar-refractivity contribution in [1.29, 1.82) is 4.78 Å². The maximum Gasteiger partial charge on any atom is 0.199 e. The molecule has 5 nitrogen and oxygen atoms in total. The Labute approximate surface area is 178 Å². The van der Waals surface area contributed by atoms with Gasteiger partial charge < -0.3 is 9.52 Å². The standard InChI is InChI=1S/C24H31NO4S/c1-15(16-7-8-16)20-10-9-17-5-4-6-21(17)22(20)12-19(26)14-30(25,28)23-11-18(13-29-23)24(2,3)27/h9-11,13,15-16,25,27H,4-8,12,14H2,1-3H3/t15-,30+/m1/s1. The lowest BCUT2D eigenvalue weighted by Gasteiger charge is -2.19. The van der Waals surface area contributed by atoms with Crippen molar-refractivity contribution in [3.8, 4) is 0 Å². The first-order valence-electron chi connectivity index (χ1n) is 10.8. The first-order valence-corrected chi connectivity index (χ1v) is 12.5. The Morgan fingerprint density at radius 1 is 1.33 bits per heavy atom. The van der Waals surface area contributed by atoms with Gasteiger partial charge in [0.05, 0.1) is 17.6 Å². The van der Waals surface area contributed by atoms with Crippen molar-refractivity contribution in [2.24, 2.45) is 5.92 Å². The monoisotopic (exact) mass is 429 g/mol. The third-order valence-electron chi connectivity index (χ3n) is 6.60. The molecule has 6 heteroatoms. The minimum absolute atomic E-state index is 0.0437. The van der Waals surface area contributed by atoms with Crippen LogP contribution in [0.3, 0.4) is 0 Å². The summed E-state index contributed by atoms with van der Waals surface area (Å²) in [4.78, 5) is 13.0. The molecule has 1 saturated carbocycles. The molecule has 0 spiro atoms. The second-order valence-corrected chi connectivity index (χ2v) is 11.5. The van der Waals surface area contributed by atoms with Gasteiger partial charge in [-0.15, -0.1) is 0 Å². The SMILES string of the molecule is C[C@@H](c1ccc2c(c1CC(=O)C[S@](=N)(=O)c1cc(C(C)(C)O)co1)CCC2)C1CC1. The summed E-state index contributed by atoms with van der Waals surface area (Å²) in [6, 6.07) is 5.85. The summed E-state index contributed by atoms with van der Waals surface area (Å²) in [7, 11) is -3.40. The average Bonchev–Trinajstić information content (AvgIpc) is 3.16. The molecule has 4 rings (SSSR count). The quantitative estimate of drug-likeness (QED) is 0.635. The number of furan rings is 1. The Kier molecular flexibility index (Phi) is 5.43. The van der Waals surface area contributed by atoms with Gasteiger partial charge in [0.25, 0.3) is 0 Å². The number of carbonyl (C=O) groups is 1. The molecular formula is C24H31NO4S. The van der Waals surface area contributed by atoms with Crippen molar-refractivity contribution in [1.82, 2.24) is 0 Å². The fourth-order valence-corrected chi connectivity index (χ4v) is 5.82. The number of Topliss-reactive ketones (excluding diaryl/α,β-unsaturated/α-hetero) is 1. The van der Waals surface area contributed by atoms with E-state index in [1.54, 1.807) is 13.8 Å². The summed E-state index contributed by atoms with van der Waals surface area (Å²) in [6.45, 7) is 5.44. The molecule has 2 N–H and O–H groups in total. The molecule has 1 aromatic heterocycles. The number of aliphatic hydroxyl groups is 1. The fraction of sp³-hybridized carbons (Fsp3) is 0.542. The summed E-state index contributed by atoms with van der Waals surface area (Å²) in [5.74, 6) is 0.563. The predicted molar refractivity (Wildman–Crippen MR) is 116 cm³/mol. The number of fused-ring (bicyclic) bond motifs is 1. The summed E-state index contributed by atoms with van der Waals surface area (Å²) in [6.07, 6.45) is 7.18. The van der Waals surface area contributed by atoms with Crippen molar-refractivity contribution in [2.45, 2.75) is 75.9 Å². The molecule has 0 unspecified atom stereocenters. The smallest absolute Gasteiger partial charge is 0.199 e. The van der Waals surface area contributed by atoms with Crippen LogP contribution in [-0.2, 0) is 39.4 Å². The van der Waals surface area contributed by atoms with E-state index >= 15 is 0 Å². The van der Waals surface area contributed by atoms with Gasteiger partial charge in [0.1, 0.15) is 9.73 Å². The minimum Gasteiger partial charge on any atom is -0.454 e. The summed E-state index contributed by atoms with van der Waals surface area (Å²) >= 11 is 0. The molecule has 1 heterocycles. The molecule has 0 bridgehead atoms. The zero-order valence-electron chi connectivity index (χ0n) is 18.0. The van der Waals surface area contributed by atoms with E-state index in [-0.39, 0.29) is 23.0 Å². The third-order valence-corrected chi connectivity index (χ3v) is 8.19. The topological polar surface area (TPSA) is 91.4 Å². The van der Waals surface area contributed by atoms with Crippen molar-refractivity contribution >= 4 is 15.5 Å². The first kappa shape index (κ1) is 21.3. The number of nitrogens with one attached hydrogen (secondary N) is 1. The van der Waals surface area contributed by atoms with Gasteiger partial charge in [0.2, 0.25) is 0 Å². The van der Waals surface area contributed by atoms with Crippen LogP contribution in [0.15, 0.2) is 34.0 Å². The average molecular weight is 430 g/mol. The maximum absolute atomic E-state index is 13.0. The summed E-state index contributed by atoms with van der Waals surface area (Å²) in [5, 5.41) is 10.0. The number of benzene rings is 1. The molecule has 1 fully saturated rings. The van der Waals surface area contributed by atoms with E-state index in [2.05, 4.69) is 19.1 Å². The highest BCUT2D eigenvalue weighted by atomic mass is 32.2. The van der Waals surface area contributed by atoms with E-state index < -0.39 is 15.3 Å². The van der Waals surface area contributed by atoms with Crippen LogP contribution in [0.4, 0.5) is 0 Å². The van der Waals surface area contributed by atoms with Gasteiger partial charge in [-0.1, -0.05) is 19.1 Å². The molecule has 1 aromatic carbocycles. The molecule has 0 aliphatic heterocycles. The van der Waals surface area contributed by atoms with Gasteiger partial charge in [-0.2, -0.15) is 0 Å². The molecule has 162 valence electrons.